The summed E-state index contributed by atoms with van der Waals surface area (Å²) in [6, 6.07) is 3.05. The molecule has 0 aromatic heterocycles. The van der Waals surface area contributed by atoms with Crippen molar-refractivity contribution >= 4 is 29.6 Å². The van der Waals surface area contributed by atoms with E-state index in [1.165, 1.54) is 19.4 Å². The number of hydrogen-bond acceptors (Lipinski definition) is 5. The number of imide groups is 1. The van der Waals surface area contributed by atoms with Gasteiger partial charge in [0.05, 0.1) is 30.2 Å². The molecule has 134 valence electrons. The lowest BCUT2D eigenvalue weighted by atomic mass is 9.63. The van der Waals surface area contributed by atoms with E-state index in [4.69, 9.17) is 16.3 Å². The van der Waals surface area contributed by atoms with Crippen LogP contribution in [0.5, 0.6) is 11.5 Å². The number of hydrazone groups is 1. The fraction of sp³-hybridized carbons (Fsp3) is 0.421. The molecule has 1 N–H and O–H groups in total. The molecule has 0 radical (unpaired) electrons. The molecule has 2 amide bonds. The Balaban J connectivity index is 1.44. The fourth-order valence-electron chi connectivity index (χ4n) is 5.00. The smallest absolute Gasteiger partial charge is 0.254 e. The highest BCUT2D eigenvalue weighted by Gasteiger charge is 2.67. The Labute approximate surface area is 155 Å². The number of phenols is 1. The maximum Gasteiger partial charge on any atom is 0.254 e. The van der Waals surface area contributed by atoms with Gasteiger partial charge in [-0.25, -0.2) is 0 Å². The van der Waals surface area contributed by atoms with Crippen LogP contribution in [0.1, 0.15) is 12.0 Å². The zero-order valence-corrected chi connectivity index (χ0v) is 14.8. The van der Waals surface area contributed by atoms with Crippen LogP contribution in [0.25, 0.3) is 0 Å². The van der Waals surface area contributed by atoms with E-state index in [1.54, 1.807) is 6.07 Å². The van der Waals surface area contributed by atoms with E-state index in [1.807, 2.05) is 0 Å². The minimum Gasteiger partial charge on any atom is -0.503 e. The van der Waals surface area contributed by atoms with Gasteiger partial charge in [0.1, 0.15) is 0 Å². The Morgan fingerprint density at radius 3 is 2.38 bits per heavy atom. The van der Waals surface area contributed by atoms with E-state index in [0.29, 0.717) is 17.4 Å². The summed E-state index contributed by atoms with van der Waals surface area (Å²) < 4.78 is 5.06. The van der Waals surface area contributed by atoms with E-state index in [0.717, 1.165) is 11.4 Å². The summed E-state index contributed by atoms with van der Waals surface area (Å²) >= 11 is 5.97. The number of hydrogen-bond donors (Lipinski definition) is 1. The number of phenolic OH excluding ortho intramolecular Hbond substituents is 1. The van der Waals surface area contributed by atoms with Crippen LogP contribution in [0.4, 0.5) is 0 Å². The molecule has 1 saturated heterocycles. The van der Waals surface area contributed by atoms with Crippen molar-refractivity contribution in [2.75, 3.05) is 7.11 Å². The number of amides is 2. The largest absolute Gasteiger partial charge is 0.503 e. The monoisotopic (exact) mass is 372 g/mol. The van der Waals surface area contributed by atoms with Gasteiger partial charge in [0, 0.05) is 0 Å². The van der Waals surface area contributed by atoms with Gasteiger partial charge in [-0.2, -0.15) is 10.1 Å². The number of halogens is 1. The second-order valence-electron chi connectivity index (χ2n) is 7.44. The zero-order valence-electron chi connectivity index (χ0n) is 14.0. The van der Waals surface area contributed by atoms with Crippen LogP contribution in [0.2, 0.25) is 5.02 Å². The van der Waals surface area contributed by atoms with Crippen molar-refractivity contribution in [3.63, 3.8) is 0 Å². The van der Waals surface area contributed by atoms with E-state index < -0.39 is 0 Å². The van der Waals surface area contributed by atoms with Gasteiger partial charge in [-0.15, -0.1) is 0 Å². The van der Waals surface area contributed by atoms with Gasteiger partial charge in [0.2, 0.25) is 0 Å². The molecule has 7 heteroatoms. The van der Waals surface area contributed by atoms with Gasteiger partial charge >= 0.3 is 0 Å². The molecule has 4 aliphatic carbocycles. The number of ether oxygens (including phenoxy) is 1. The predicted octanol–water partition coefficient (Wildman–Crippen LogP) is 2.44. The molecule has 6 rings (SSSR count). The van der Waals surface area contributed by atoms with Crippen LogP contribution >= 0.6 is 11.6 Å². The number of carbonyl (C=O) groups excluding carboxylic acids is 2. The molecule has 26 heavy (non-hydrogen) atoms. The minimum absolute atomic E-state index is 0.112. The second kappa shape index (κ2) is 5.33. The van der Waals surface area contributed by atoms with Crippen molar-refractivity contribution in [3.05, 3.63) is 34.9 Å². The summed E-state index contributed by atoms with van der Waals surface area (Å²) in [5.74, 6) is 0.564. The number of rotatable bonds is 3. The van der Waals surface area contributed by atoms with Crippen molar-refractivity contribution < 1.29 is 19.4 Å². The first kappa shape index (κ1) is 15.9. The molecule has 6 atom stereocenters. The van der Waals surface area contributed by atoms with Gasteiger partial charge in [-0.05, 0) is 47.8 Å². The number of allylic oxidation sites excluding steroid dienone is 2. The van der Waals surface area contributed by atoms with E-state index >= 15 is 0 Å². The number of carbonyl (C=O) groups is 2. The maximum absolute atomic E-state index is 12.8. The van der Waals surface area contributed by atoms with Crippen LogP contribution in [0.15, 0.2) is 29.4 Å². The molecule has 6 nitrogen and oxygen atoms in total. The van der Waals surface area contributed by atoms with Crippen LogP contribution in [0, 0.1) is 35.5 Å². The Bertz CT molecular complexity index is 860. The summed E-state index contributed by atoms with van der Waals surface area (Å²) in [4.78, 5) is 25.7. The van der Waals surface area contributed by atoms with Crippen molar-refractivity contribution in [2.45, 2.75) is 6.42 Å². The quantitative estimate of drug-likeness (QED) is 0.502. The standard InChI is InChI=1S/C19H17ClN2O4/c1-26-14-5-8(4-13(20)17(14)23)7-21-22-18(24)15-9-2-3-10(12-6-11(9)12)16(15)19(22)25/h2-5,7,9-12,15-16,23H,6H2,1H3/b21-7-/t9-,10-,11-,12-,15+,16+/m0/s1. The summed E-state index contributed by atoms with van der Waals surface area (Å²) in [7, 11) is 1.42. The first-order valence-electron chi connectivity index (χ1n) is 8.68. The molecule has 0 unspecified atom stereocenters. The SMILES string of the molecule is COc1cc(/C=N\N2C(=O)[C@@H]3[C@H]4C=C[C@@H]([C@@H]5C[C@@H]45)[C@H]3C2=O)cc(Cl)c1O. The molecular formula is C19H17ClN2O4. The second-order valence-corrected chi connectivity index (χ2v) is 7.85. The van der Waals surface area contributed by atoms with Crippen LogP contribution in [-0.4, -0.2) is 35.3 Å². The van der Waals surface area contributed by atoms with Crippen molar-refractivity contribution in [1.29, 1.82) is 0 Å². The Kier molecular flexibility index (Phi) is 3.26. The lowest BCUT2D eigenvalue weighted by Crippen LogP contribution is -2.40. The molecule has 2 saturated carbocycles. The highest BCUT2D eigenvalue weighted by Crippen LogP contribution is 2.65. The molecular weight excluding hydrogens is 356 g/mol. The normalized spacial score (nSPS) is 36.6. The van der Waals surface area contributed by atoms with Crippen molar-refractivity contribution in [1.82, 2.24) is 5.01 Å². The third-order valence-corrected chi connectivity index (χ3v) is 6.52. The molecule has 1 aliphatic heterocycles. The summed E-state index contributed by atoms with van der Waals surface area (Å²) in [6.07, 6.45) is 6.79. The maximum atomic E-state index is 12.8. The molecule has 3 fully saturated rings. The third kappa shape index (κ3) is 2.02. The van der Waals surface area contributed by atoms with E-state index in [2.05, 4.69) is 17.3 Å². The van der Waals surface area contributed by atoms with Crippen LogP contribution < -0.4 is 4.74 Å². The number of aromatic hydroxyl groups is 1. The highest BCUT2D eigenvalue weighted by atomic mass is 35.5. The molecule has 5 aliphatic rings. The first-order valence-corrected chi connectivity index (χ1v) is 9.05. The summed E-state index contributed by atoms with van der Waals surface area (Å²) in [5.41, 5.74) is 0.532. The zero-order chi connectivity index (χ0) is 18.2. The third-order valence-electron chi connectivity index (χ3n) is 6.23. The Morgan fingerprint density at radius 1 is 1.19 bits per heavy atom. The van der Waals surface area contributed by atoms with E-state index in [9.17, 15) is 14.7 Å². The van der Waals surface area contributed by atoms with Crippen LogP contribution in [0.3, 0.4) is 0 Å². The minimum atomic E-state index is -0.267. The van der Waals surface area contributed by atoms with Gasteiger partial charge < -0.3 is 9.84 Å². The van der Waals surface area contributed by atoms with Crippen LogP contribution in [-0.2, 0) is 9.59 Å². The predicted molar refractivity (Wildman–Crippen MR) is 93.8 cm³/mol. The van der Waals surface area contributed by atoms with E-state index in [-0.39, 0.29) is 52.0 Å². The highest BCUT2D eigenvalue weighted by molar-refractivity contribution is 6.32. The molecule has 2 bridgehead atoms. The lowest BCUT2D eigenvalue weighted by Gasteiger charge is -2.37. The average Bonchev–Trinajstić information content (AvgIpc) is 3.41. The average molecular weight is 373 g/mol. The Hall–Kier alpha value is -2.34. The summed E-state index contributed by atoms with van der Waals surface area (Å²) in [6.45, 7) is 0. The fourth-order valence-corrected chi connectivity index (χ4v) is 5.22. The van der Waals surface area contributed by atoms with Crippen molar-refractivity contribution in [2.24, 2.45) is 40.6 Å². The molecule has 1 aromatic rings. The van der Waals surface area contributed by atoms with Gasteiger partial charge in [-0.3, -0.25) is 9.59 Å². The lowest BCUT2D eigenvalue weighted by molar-refractivity contribution is -0.140. The number of nitrogens with zero attached hydrogens (tertiary/aromatic N) is 2. The molecule has 1 heterocycles. The first-order chi connectivity index (χ1) is 12.5. The molecule has 1 aromatic carbocycles. The number of benzene rings is 1. The Morgan fingerprint density at radius 2 is 1.81 bits per heavy atom. The topological polar surface area (TPSA) is 79.2 Å². The van der Waals surface area contributed by atoms with Gasteiger partial charge in [0.25, 0.3) is 11.8 Å². The molecule has 0 spiro atoms. The summed E-state index contributed by atoms with van der Waals surface area (Å²) in [5, 5.41) is 15.1. The number of methoxy groups -OCH3 is 1. The van der Waals surface area contributed by atoms with Gasteiger partial charge in [0.15, 0.2) is 11.5 Å². The van der Waals surface area contributed by atoms with Crippen molar-refractivity contribution in [3.8, 4) is 11.5 Å². The van der Waals surface area contributed by atoms with Gasteiger partial charge in [-0.1, -0.05) is 23.8 Å².